The van der Waals surface area contributed by atoms with E-state index in [1.54, 1.807) is 0 Å². The molecule has 0 spiro atoms. The van der Waals surface area contributed by atoms with Gasteiger partial charge in [0, 0.05) is 18.3 Å². The van der Waals surface area contributed by atoms with Crippen molar-refractivity contribution in [2.24, 2.45) is 11.3 Å². The molecule has 1 aliphatic carbocycles. The van der Waals surface area contributed by atoms with Crippen molar-refractivity contribution in [3.05, 3.63) is 12.2 Å². The molecule has 0 amide bonds. The lowest BCUT2D eigenvalue weighted by Crippen LogP contribution is -2.53. The van der Waals surface area contributed by atoms with Gasteiger partial charge < -0.3 is 15.3 Å². The van der Waals surface area contributed by atoms with Crippen molar-refractivity contribution < 1.29 is 20.1 Å². The first kappa shape index (κ1) is 14.4. The Morgan fingerprint density at radius 2 is 2.12 bits per heavy atom. The zero-order chi connectivity index (χ0) is 13.3. The number of rotatable bonds is 3. The minimum absolute atomic E-state index is 0.156. The Morgan fingerprint density at radius 3 is 2.59 bits per heavy atom. The molecular weight excluding hydrogens is 220 g/mol. The van der Waals surface area contributed by atoms with Gasteiger partial charge in [0.1, 0.15) is 5.78 Å². The number of hydrogen-bond acceptors (Lipinski definition) is 4. The molecule has 1 saturated carbocycles. The highest BCUT2D eigenvalue weighted by molar-refractivity contribution is 5.81. The van der Waals surface area contributed by atoms with E-state index in [1.165, 1.54) is 12.2 Å². The molecule has 4 heteroatoms. The Kier molecular flexibility index (Phi) is 4.12. The standard InChI is InChI=1S/C13H22O4/c1-9-6-11(16)7-12(2,3)13(9,17)5-4-10(15)8-14/h4-5,9-10,14-15,17H,6-8H2,1-3H3/b5-4+/t9-,10-,13-/m1/s1. The predicted molar refractivity (Wildman–Crippen MR) is 64.4 cm³/mol. The summed E-state index contributed by atoms with van der Waals surface area (Å²) < 4.78 is 0. The summed E-state index contributed by atoms with van der Waals surface area (Å²) in [4.78, 5) is 11.5. The molecule has 0 aromatic heterocycles. The molecule has 4 nitrogen and oxygen atoms in total. The number of ketones is 1. The maximum absolute atomic E-state index is 11.5. The van der Waals surface area contributed by atoms with Crippen molar-refractivity contribution in [1.82, 2.24) is 0 Å². The van der Waals surface area contributed by atoms with E-state index in [-0.39, 0.29) is 18.3 Å². The van der Waals surface area contributed by atoms with Crippen molar-refractivity contribution in [3.8, 4) is 0 Å². The molecule has 0 bridgehead atoms. The van der Waals surface area contributed by atoms with Crippen LogP contribution < -0.4 is 0 Å². The number of aliphatic hydroxyl groups is 3. The van der Waals surface area contributed by atoms with E-state index in [2.05, 4.69) is 0 Å². The number of Topliss-reactive ketones (excluding diaryl/α,β-unsaturated/α-hetero) is 1. The third-order valence-corrected chi connectivity index (χ3v) is 3.77. The summed E-state index contributed by atoms with van der Waals surface area (Å²) in [6.07, 6.45) is 2.63. The molecule has 0 heterocycles. The third-order valence-electron chi connectivity index (χ3n) is 3.77. The van der Waals surface area contributed by atoms with Gasteiger partial charge >= 0.3 is 0 Å². The average Bonchev–Trinajstić information content (AvgIpc) is 2.22. The van der Waals surface area contributed by atoms with Crippen LogP contribution in [0.2, 0.25) is 0 Å². The molecule has 17 heavy (non-hydrogen) atoms. The second-order valence-electron chi connectivity index (χ2n) is 5.64. The Balaban J connectivity index is 2.98. The van der Waals surface area contributed by atoms with Gasteiger partial charge in [-0.2, -0.15) is 0 Å². The van der Waals surface area contributed by atoms with Gasteiger partial charge in [-0.15, -0.1) is 0 Å². The van der Waals surface area contributed by atoms with Crippen LogP contribution in [0.3, 0.4) is 0 Å². The van der Waals surface area contributed by atoms with Crippen LogP contribution in [0.4, 0.5) is 0 Å². The van der Waals surface area contributed by atoms with E-state index in [1.807, 2.05) is 20.8 Å². The Hall–Kier alpha value is -0.710. The van der Waals surface area contributed by atoms with Crippen molar-refractivity contribution in [2.75, 3.05) is 6.61 Å². The molecular formula is C13H22O4. The maximum atomic E-state index is 11.5. The maximum Gasteiger partial charge on any atom is 0.133 e. The van der Waals surface area contributed by atoms with Crippen LogP contribution in [-0.4, -0.2) is 39.4 Å². The molecule has 1 aliphatic rings. The summed E-state index contributed by atoms with van der Waals surface area (Å²) in [5.74, 6) is -0.0378. The van der Waals surface area contributed by atoms with E-state index in [0.717, 1.165) is 0 Å². The number of carbonyl (C=O) groups is 1. The van der Waals surface area contributed by atoms with Gasteiger partial charge in [0.25, 0.3) is 0 Å². The summed E-state index contributed by atoms with van der Waals surface area (Å²) in [7, 11) is 0. The molecule has 3 N–H and O–H groups in total. The monoisotopic (exact) mass is 242 g/mol. The van der Waals surface area contributed by atoms with Crippen LogP contribution in [0.1, 0.15) is 33.6 Å². The zero-order valence-corrected chi connectivity index (χ0v) is 10.7. The van der Waals surface area contributed by atoms with Gasteiger partial charge in [-0.05, 0) is 5.92 Å². The minimum atomic E-state index is -1.13. The summed E-state index contributed by atoms with van der Waals surface area (Å²) in [5, 5.41) is 28.7. The first-order chi connectivity index (χ1) is 7.73. The number of aliphatic hydroxyl groups excluding tert-OH is 2. The van der Waals surface area contributed by atoms with E-state index in [0.29, 0.717) is 12.8 Å². The number of carbonyl (C=O) groups excluding carboxylic acids is 1. The lowest BCUT2D eigenvalue weighted by atomic mass is 9.60. The van der Waals surface area contributed by atoms with Crippen LogP contribution in [0.15, 0.2) is 12.2 Å². The van der Waals surface area contributed by atoms with Crippen LogP contribution in [0.5, 0.6) is 0 Å². The number of hydrogen-bond donors (Lipinski definition) is 3. The lowest BCUT2D eigenvalue weighted by Gasteiger charge is -2.48. The second-order valence-corrected chi connectivity index (χ2v) is 5.64. The zero-order valence-electron chi connectivity index (χ0n) is 10.7. The molecule has 3 atom stereocenters. The molecule has 1 fully saturated rings. The normalized spacial score (nSPS) is 35.2. The van der Waals surface area contributed by atoms with E-state index in [9.17, 15) is 15.0 Å². The van der Waals surface area contributed by atoms with Crippen molar-refractivity contribution in [1.29, 1.82) is 0 Å². The van der Waals surface area contributed by atoms with Crippen LogP contribution >= 0.6 is 0 Å². The second kappa shape index (κ2) is 4.88. The molecule has 0 aromatic carbocycles. The Morgan fingerprint density at radius 1 is 1.53 bits per heavy atom. The van der Waals surface area contributed by atoms with Crippen molar-refractivity contribution >= 4 is 5.78 Å². The highest BCUT2D eigenvalue weighted by Crippen LogP contribution is 2.46. The topological polar surface area (TPSA) is 77.8 Å². The fraction of sp³-hybridized carbons (Fsp3) is 0.769. The van der Waals surface area contributed by atoms with E-state index in [4.69, 9.17) is 5.11 Å². The fourth-order valence-electron chi connectivity index (χ4n) is 2.58. The summed E-state index contributed by atoms with van der Waals surface area (Å²) >= 11 is 0. The molecule has 0 aliphatic heterocycles. The molecule has 1 rings (SSSR count). The Bertz CT molecular complexity index is 321. The van der Waals surface area contributed by atoms with Crippen molar-refractivity contribution in [3.63, 3.8) is 0 Å². The van der Waals surface area contributed by atoms with Crippen LogP contribution in [0.25, 0.3) is 0 Å². The molecule has 0 radical (unpaired) electrons. The van der Waals surface area contributed by atoms with Crippen LogP contribution in [0, 0.1) is 11.3 Å². The van der Waals surface area contributed by atoms with Gasteiger partial charge in [0.2, 0.25) is 0 Å². The summed E-state index contributed by atoms with van der Waals surface area (Å²) in [5.41, 5.74) is -1.69. The van der Waals surface area contributed by atoms with Gasteiger partial charge in [0.05, 0.1) is 18.3 Å². The quantitative estimate of drug-likeness (QED) is 0.635. The average molecular weight is 242 g/mol. The van der Waals surface area contributed by atoms with E-state index < -0.39 is 17.1 Å². The third kappa shape index (κ3) is 2.76. The lowest BCUT2D eigenvalue weighted by molar-refractivity contribution is -0.142. The highest BCUT2D eigenvalue weighted by atomic mass is 16.3. The molecule has 98 valence electrons. The summed E-state index contributed by atoms with van der Waals surface area (Å²) in [6, 6.07) is 0. The molecule has 0 unspecified atom stereocenters. The van der Waals surface area contributed by atoms with Gasteiger partial charge in [-0.3, -0.25) is 4.79 Å². The van der Waals surface area contributed by atoms with Gasteiger partial charge in [0.15, 0.2) is 0 Å². The molecule has 0 aromatic rings. The first-order valence-electron chi connectivity index (χ1n) is 5.95. The van der Waals surface area contributed by atoms with E-state index >= 15 is 0 Å². The van der Waals surface area contributed by atoms with Gasteiger partial charge in [-0.1, -0.05) is 32.9 Å². The fourth-order valence-corrected chi connectivity index (χ4v) is 2.58. The summed E-state index contributed by atoms with van der Waals surface area (Å²) in [6.45, 7) is 5.14. The van der Waals surface area contributed by atoms with Crippen LogP contribution in [-0.2, 0) is 4.79 Å². The minimum Gasteiger partial charge on any atom is -0.393 e. The SMILES string of the molecule is C[C@@H]1CC(=O)CC(C)(C)[C@@]1(O)/C=C/[C@@H](O)CO. The van der Waals surface area contributed by atoms with Crippen molar-refractivity contribution in [2.45, 2.75) is 45.3 Å². The smallest absolute Gasteiger partial charge is 0.133 e. The predicted octanol–water partition coefficient (Wildman–Crippen LogP) is 0.652. The Labute approximate surface area is 102 Å². The first-order valence-corrected chi connectivity index (χ1v) is 5.95. The molecule has 0 saturated heterocycles. The van der Waals surface area contributed by atoms with Gasteiger partial charge in [-0.25, -0.2) is 0 Å². The highest BCUT2D eigenvalue weighted by Gasteiger charge is 2.50. The largest absolute Gasteiger partial charge is 0.393 e.